The molecule has 0 saturated heterocycles. The summed E-state index contributed by atoms with van der Waals surface area (Å²) in [6.07, 6.45) is 4.02. The maximum absolute atomic E-state index is 13.3. The first-order valence-electron chi connectivity index (χ1n) is 11.0. The number of rotatable bonds is 6. The van der Waals surface area contributed by atoms with Crippen LogP contribution in [0.15, 0.2) is 54.7 Å². The number of Topliss-reactive ketones (excluding diaryl/α,β-unsaturated/α-hetero) is 1. The fourth-order valence-electron chi connectivity index (χ4n) is 4.46. The molecule has 5 rings (SSSR count). The Morgan fingerprint density at radius 1 is 1.06 bits per heavy atom. The van der Waals surface area contributed by atoms with Crippen molar-refractivity contribution in [2.45, 2.75) is 51.4 Å². The van der Waals surface area contributed by atoms with Crippen molar-refractivity contribution in [3.8, 4) is 22.6 Å². The minimum absolute atomic E-state index is 0.229. The number of pyridine rings is 1. The normalized spacial score (nSPS) is 15.9. The van der Waals surface area contributed by atoms with E-state index < -0.39 is 5.41 Å². The monoisotopic (exact) mass is 413 g/mol. The number of hydrogen-bond donors (Lipinski definition) is 0. The molecule has 2 aromatic carbocycles. The zero-order valence-electron chi connectivity index (χ0n) is 18.3. The van der Waals surface area contributed by atoms with Crippen molar-refractivity contribution in [1.29, 1.82) is 0 Å². The molecule has 0 N–H and O–H groups in total. The molecule has 0 spiro atoms. The van der Waals surface area contributed by atoms with Crippen LogP contribution in [0.4, 0.5) is 0 Å². The maximum Gasteiger partial charge on any atom is 0.231 e. The Bertz CT molecular complexity index is 1160. The van der Waals surface area contributed by atoms with Crippen molar-refractivity contribution < 1.29 is 14.3 Å². The van der Waals surface area contributed by atoms with Gasteiger partial charge in [0.25, 0.3) is 0 Å². The molecule has 1 saturated carbocycles. The molecule has 1 aromatic heterocycles. The average molecular weight is 414 g/mol. The third kappa shape index (κ3) is 3.60. The van der Waals surface area contributed by atoms with Gasteiger partial charge in [0.15, 0.2) is 11.5 Å². The predicted octanol–water partition coefficient (Wildman–Crippen LogP) is 5.75. The molecule has 4 heteroatoms. The Kier molecular flexibility index (Phi) is 4.81. The second-order valence-electron chi connectivity index (χ2n) is 9.02. The first-order chi connectivity index (χ1) is 15.0. The highest BCUT2D eigenvalue weighted by atomic mass is 16.7. The average Bonchev–Trinajstić information content (AvgIpc) is 3.45. The van der Waals surface area contributed by atoms with Crippen LogP contribution in [0, 0.1) is 6.92 Å². The molecule has 0 amide bonds. The molecule has 1 fully saturated rings. The van der Waals surface area contributed by atoms with Crippen LogP contribution in [0.5, 0.6) is 11.5 Å². The molecular weight excluding hydrogens is 386 g/mol. The number of fused-ring (bicyclic) bond motifs is 1. The van der Waals surface area contributed by atoms with E-state index in [0.29, 0.717) is 12.3 Å². The molecule has 0 unspecified atom stereocenters. The number of ether oxygens (including phenoxy) is 2. The van der Waals surface area contributed by atoms with E-state index >= 15 is 0 Å². The van der Waals surface area contributed by atoms with Crippen molar-refractivity contribution >= 4 is 5.78 Å². The van der Waals surface area contributed by atoms with Crippen LogP contribution < -0.4 is 9.47 Å². The second kappa shape index (κ2) is 7.52. The number of carbonyl (C=O) groups is 1. The highest BCUT2D eigenvalue weighted by Gasteiger charge is 2.51. The van der Waals surface area contributed by atoms with E-state index in [0.717, 1.165) is 46.7 Å². The number of hydrogen-bond acceptors (Lipinski definition) is 4. The molecule has 2 heterocycles. The third-order valence-corrected chi connectivity index (χ3v) is 6.58. The van der Waals surface area contributed by atoms with Crippen LogP contribution in [0.3, 0.4) is 0 Å². The van der Waals surface area contributed by atoms with Crippen molar-refractivity contribution in [2.24, 2.45) is 0 Å². The minimum atomic E-state index is -0.402. The van der Waals surface area contributed by atoms with Gasteiger partial charge >= 0.3 is 0 Å². The minimum Gasteiger partial charge on any atom is -0.454 e. The lowest BCUT2D eigenvalue weighted by Gasteiger charge is -2.16. The Balaban J connectivity index is 1.36. The number of aryl methyl sites for hydroxylation is 1. The summed E-state index contributed by atoms with van der Waals surface area (Å²) in [5, 5.41) is 0. The number of aromatic nitrogens is 1. The number of nitrogens with zero attached hydrogens (tertiary/aromatic N) is 1. The molecular formula is C27H27NO3. The fraction of sp³-hybridized carbons (Fsp3) is 0.333. The van der Waals surface area contributed by atoms with Crippen LogP contribution in [0.25, 0.3) is 11.1 Å². The Morgan fingerprint density at radius 2 is 1.87 bits per heavy atom. The molecule has 0 atom stereocenters. The smallest absolute Gasteiger partial charge is 0.231 e. The summed E-state index contributed by atoms with van der Waals surface area (Å²) >= 11 is 0. The summed E-state index contributed by atoms with van der Waals surface area (Å²) in [7, 11) is 0. The lowest BCUT2D eigenvalue weighted by molar-refractivity contribution is -0.120. The maximum atomic E-state index is 13.3. The summed E-state index contributed by atoms with van der Waals surface area (Å²) in [5.74, 6) is 2.20. The largest absolute Gasteiger partial charge is 0.454 e. The van der Waals surface area contributed by atoms with Crippen LogP contribution in [-0.2, 0) is 16.6 Å². The lowest BCUT2D eigenvalue weighted by Crippen LogP contribution is -2.23. The van der Waals surface area contributed by atoms with Gasteiger partial charge in [-0.05, 0) is 66.1 Å². The van der Waals surface area contributed by atoms with Crippen LogP contribution in [0.1, 0.15) is 55.0 Å². The van der Waals surface area contributed by atoms with Gasteiger partial charge in [-0.2, -0.15) is 0 Å². The van der Waals surface area contributed by atoms with Gasteiger partial charge in [0.2, 0.25) is 6.79 Å². The molecule has 2 aliphatic rings. The van der Waals surface area contributed by atoms with Crippen molar-refractivity contribution in [2.75, 3.05) is 6.79 Å². The Labute approximate surface area is 183 Å². The summed E-state index contributed by atoms with van der Waals surface area (Å²) in [6.45, 7) is 6.74. The zero-order chi connectivity index (χ0) is 21.6. The number of ketones is 1. The Morgan fingerprint density at radius 3 is 2.61 bits per heavy atom. The van der Waals surface area contributed by atoms with E-state index in [1.54, 1.807) is 0 Å². The summed E-state index contributed by atoms with van der Waals surface area (Å²) < 4.78 is 10.9. The highest BCUT2D eigenvalue weighted by Crippen LogP contribution is 2.51. The van der Waals surface area contributed by atoms with E-state index in [1.807, 2.05) is 24.4 Å². The number of benzene rings is 2. The molecule has 0 radical (unpaired) electrons. The van der Waals surface area contributed by atoms with E-state index in [1.165, 1.54) is 11.1 Å². The van der Waals surface area contributed by atoms with Crippen molar-refractivity contribution in [1.82, 2.24) is 4.98 Å². The van der Waals surface area contributed by atoms with Gasteiger partial charge in [-0.1, -0.05) is 44.2 Å². The first-order valence-corrected chi connectivity index (χ1v) is 11.0. The Hall–Kier alpha value is -3.14. The zero-order valence-corrected chi connectivity index (χ0v) is 18.3. The number of carbonyl (C=O) groups excluding carboxylic acids is 1. The molecule has 31 heavy (non-hydrogen) atoms. The predicted molar refractivity (Wildman–Crippen MR) is 121 cm³/mol. The quantitative estimate of drug-likeness (QED) is 0.516. The molecule has 3 aromatic rings. The van der Waals surface area contributed by atoms with Crippen LogP contribution >= 0.6 is 0 Å². The van der Waals surface area contributed by atoms with E-state index in [2.05, 4.69) is 56.1 Å². The van der Waals surface area contributed by atoms with E-state index in [9.17, 15) is 4.79 Å². The second-order valence-corrected chi connectivity index (χ2v) is 9.02. The molecule has 1 aliphatic carbocycles. The molecule has 0 bridgehead atoms. The molecule has 1 aliphatic heterocycles. The summed E-state index contributed by atoms with van der Waals surface area (Å²) in [4.78, 5) is 17.9. The first kappa shape index (κ1) is 19.8. The SMILES string of the molecule is Cc1cc(CC(=O)C2(c3ccc4c(c3)OCO4)CC2)ncc1-c1cccc(C(C)C)c1. The van der Waals surface area contributed by atoms with Crippen LogP contribution in [-0.4, -0.2) is 17.6 Å². The summed E-state index contributed by atoms with van der Waals surface area (Å²) in [5.41, 5.74) is 6.21. The fourth-order valence-corrected chi connectivity index (χ4v) is 4.46. The standard InChI is InChI=1S/C27H27NO3/c1-17(2)19-5-4-6-20(12-19)23-15-28-22(11-18(23)3)14-26(29)27(9-10-27)21-7-8-24-25(13-21)31-16-30-24/h4-8,11-13,15,17H,9-10,14,16H2,1-3H3. The molecule has 158 valence electrons. The van der Waals surface area contributed by atoms with Gasteiger partial charge in [-0.25, -0.2) is 0 Å². The highest BCUT2D eigenvalue weighted by molar-refractivity contribution is 5.94. The topological polar surface area (TPSA) is 48.4 Å². The third-order valence-electron chi connectivity index (χ3n) is 6.58. The lowest BCUT2D eigenvalue weighted by atomic mass is 9.88. The summed E-state index contributed by atoms with van der Waals surface area (Å²) in [6, 6.07) is 16.6. The van der Waals surface area contributed by atoms with Gasteiger partial charge in [-0.15, -0.1) is 0 Å². The van der Waals surface area contributed by atoms with Gasteiger partial charge < -0.3 is 9.47 Å². The van der Waals surface area contributed by atoms with Crippen molar-refractivity contribution in [3.05, 3.63) is 77.1 Å². The van der Waals surface area contributed by atoms with E-state index in [-0.39, 0.29) is 12.6 Å². The van der Waals surface area contributed by atoms with Gasteiger partial charge in [0.05, 0.1) is 5.41 Å². The van der Waals surface area contributed by atoms with Gasteiger partial charge in [-0.3, -0.25) is 9.78 Å². The molecule has 4 nitrogen and oxygen atoms in total. The van der Waals surface area contributed by atoms with Crippen LogP contribution in [0.2, 0.25) is 0 Å². The van der Waals surface area contributed by atoms with Crippen molar-refractivity contribution in [3.63, 3.8) is 0 Å². The van der Waals surface area contributed by atoms with Gasteiger partial charge in [0.1, 0.15) is 5.78 Å². The van der Waals surface area contributed by atoms with E-state index in [4.69, 9.17) is 9.47 Å². The van der Waals surface area contributed by atoms with Gasteiger partial charge in [0, 0.05) is 23.9 Å².